The number of carbonyl (C=O) groups excluding carboxylic acids is 1. The first-order chi connectivity index (χ1) is 4.16. The molecule has 0 aromatic rings. The number of rotatable bonds is 2. The molecule has 0 rings (SSSR count). The monoisotopic (exact) mass is 133 g/mol. The summed E-state index contributed by atoms with van der Waals surface area (Å²) in [6.07, 6.45) is 0. The van der Waals surface area contributed by atoms with Crippen molar-refractivity contribution in [2.45, 2.75) is 0 Å². The van der Waals surface area contributed by atoms with Crippen LogP contribution in [0.25, 0.3) is 0 Å². The SMILES string of the molecule is CONC(=O)NN(C)C. The van der Waals surface area contributed by atoms with E-state index in [-0.39, 0.29) is 6.03 Å². The highest BCUT2D eigenvalue weighted by molar-refractivity contribution is 5.71. The fourth-order valence-corrected chi connectivity index (χ4v) is 0.319. The van der Waals surface area contributed by atoms with Crippen molar-refractivity contribution in [2.75, 3.05) is 21.2 Å². The molecule has 0 bridgehead atoms. The lowest BCUT2D eigenvalue weighted by molar-refractivity contribution is 0.0972. The van der Waals surface area contributed by atoms with Crippen molar-refractivity contribution in [3.05, 3.63) is 0 Å². The number of hydrogen-bond acceptors (Lipinski definition) is 3. The maximum absolute atomic E-state index is 10.5. The molecule has 0 heterocycles. The van der Waals surface area contributed by atoms with Crippen LogP contribution in [0.5, 0.6) is 0 Å². The van der Waals surface area contributed by atoms with Gasteiger partial charge in [0.1, 0.15) is 0 Å². The summed E-state index contributed by atoms with van der Waals surface area (Å²) in [4.78, 5) is 14.8. The second-order valence-electron chi connectivity index (χ2n) is 1.64. The van der Waals surface area contributed by atoms with Crippen LogP contribution in [0.2, 0.25) is 0 Å². The van der Waals surface area contributed by atoms with Gasteiger partial charge in [0.15, 0.2) is 0 Å². The van der Waals surface area contributed by atoms with Gasteiger partial charge in [0, 0.05) is 14.1 Å². The lowest BCUT2D eigenvalue weighted by Crippen LogP contribution is -2.42. The molecule has 5 nitrogen and oxygen atoms in total. The summed E-state index contributed by atoms with van der Waals surface area (Å²) < 4.78 is 0. The Morgan fingerprint density at radius 1 is 1.56 bits per heavy atom. The number of hydroxylamine groups is 1. The number of nitrogens with one attached hydrogen (secondary N) is 2. The van der Waals surface area contributed by atoms with Crippen molar-refractivity contribution in [1.29, 1.82) is 0 Å². The third kappa shape index (κ3) is 5.05. The van der Waals surface area contributed by atoms with Gasteiger partial charge >= 0.3 is 6.03 Å². The van der Waals surface area contributed by atoms with E-state index in [9.17, 15) is 4.79 Å². The molecule has 54 valence electrons. The Morgan fingerprint density at radius 2 is 2.11 bits per heavy atom. The van der Waals surface area contributed by atoms with E-state index >= 15 is 0 Å². The summed E-state index contributed by atoms with van der Waals surface area (Å²) in [5.74, 6) is 0. The second kappa shape index (κ2) is 4.11. The average Bonchev–Trinajstić information content (AvgIpc) is 1.63. The normalized spacial score (nSPS) is 9.33. The van der Waals surface area contributed by atoms with E-state index in [1.165, 1.54) is 12.1 Å². The lowest BCUT2D eigenvalue weighted by atomic mass is 11.0. The molecule has 2 amide bonds. The topological polar surface area (TPSA) is 53.6 Å². The molecular formula is C4H11N3O2. The van der Waals surface area contributed by atoms with Crippen molar-refractivity contribution < 1.29 is 9.63 Å². The van der Waals surface area contributed by atoms with Crippen LogP contribution in [0, 0.1) is 0 Å². The fraction of sp³-hybridized carbons (Fsp3) is 0.750. The molecular weight excluding hydrogens is 122 g/mol. The van der Waals surface area contributed by atoms with E-state index in [0.29, 0.717) is 0 Å². The highest BCUT2D eigenvalue weighted by atomic mass is 16.6. The number of amides is 2. The summed E-state index contributed by atoms with van der Waals surface area (Å²) in [6.45, 7) is 0. The van der Waals surface area contributed by atoms with Crippen molar-refractivity contribution in [3.8, 4) is 0 Å². The van der Waals surface area contributed by atoms with Crippen LogP contribution in [0.1, 0.15) is 0 Å². The zero-order chi connectivity index (χ0) is 7.28. The van der Waals surface area contributed by atoms with Crippen LogP contribution >= 0.6 is 0 Å². The summed E-state index contributed by atoms with van der Waals surface area (Å²) in [7, 11) is 4.78. The van der Waals surface area contributed by atoms with Gasteiger partial charge in [-0.3, -0.25) is 10.3 Å². The van der Waals surface area contributed by atoms with E-state index in [0.717, 1.165) is 0 Å². The minimum Gasteiger partial charge on any atom is -0.275 e. The molecule has 0 aliphatic rings. The Balaban J connectivity index is 3.27. The summed E-state index contributed by atoms with van der Waals surface area (Å²) in [5.41, 5.74) is 4.49. The molecule has 0 saturated heterocycles. The Hall–Kier alpha value is -0.810. The van der Waals surface area contributed by atoms with Gasteiger partial charge in [-0.25, -0.2) is 15.3 Å². The Kier molecular flexibility index (Phi) is 3.74. The molecule has 0 aromatic carbocycles. The van der Waals surface area contributed by atoms with Gasteiger partial charge in [-0.05, 0) is 0 Å². The molecule has 5 heteroatoms. The zero-order valence-electron chi connectivity index (χ0n) is 5.76. The molecule has 0 unspecified atom stereocenters. The molecule has 0 spiro atoms. The van der Waals surface area contributed by atoms with Gasteiger partial charge in [-0.1, -0.05) is 0 Å². The van der Waals surface area contributed by atoms with Gasteiger partial charge in [-0.2, -0.15) is 0 Å². The number of carbonyl (C=O) groups is 1. The van der Waals surface area contributed by atoms with Crippen molar-refractivity contribution >= 4 is 6.03 Å². The number of hydrazine groups is 1. The summed E-state index contributed by atoms with van der Waals surface area (Å²) in [6, 6.07) is -0.387. The van der Waals surface area contributed by atoms with Crippen LogP contribution in [0.3, 0.4) is 0 Å². The highest BCUT2D eigenvalue weighted by Crippen LogP contribution is 1.65. The molecule has 0 saturated carbocycles. The Bertz CT molecular complexity index is 93.8. The zero-order valence-corrected chi connectivity index (χ0v) is 5.76. The first kappa shape index (κ1) is 8.19. The van der Waals surface area contributed by atoms with Gasteiger partial charge in [0.2, 0.25) is 0 Å². The van der Waals surface area contributed by atoms with E-state index in [1.807, 2.05) is 0 Å². The second-order valence-corrected chi connectivity index (χ2v) is 1.64. The smallest absolute Gasteiger partial charge is 0.275 e. The lowest BCUT2D eigenvalue weighted by Gasteiger charge is -2.10. The third-order valence-corrected chi connectivity index (χ3v) is 0.520. The minimum atomic E-state index is -0.387. The summed E-state index contributed by atoms with van der Waals surface area (Å²) >= 11 is 0. The maximum atomic E-state index is 10.5. The average molecular weight is 133 g/mol. The van der Waals surface area contributed by atoms with E-state index in [2.05, 4.69) is 15.7 Å². The standard InChI is InChI=1S/C4H11N3O2/c1-7(2)5-4(8)6-9-3/h1-3H3,(H2,5,6,8). The van der Waals surface area contributed by atoms with Gasteiger partial charge in [0.25, 0.3) is 0 Å². The van der Waals surface area contributed by atoms with Crippen LogP contribution in [0.15, 0.2) is 0 Å². The molecule has 2 N–H and O–H groups in total. The van der Waals surface area contributed by atoms with Crippen molar-refractivity contribution in [3.63, 3.8) is 0 Å². The predicted octanol–water partition coefficient (Wildman–Crippen LogP) is -0.676. The molecule has 9 heavy (non-hydrogen) atoms. The Morgan fingerprint density at radius 3 is 2.44 bits per heavy atom. The van der Waals surface area contributed by atoms with Gasteiger partial charge in [0.05, 0.1) is 7.11 Å². The molecule has 0 aliphatic carbocycles. The van der Waals surface area contributed by atoms with Crippen LogP contribution in [-0.4, -0.2) is 32.2 Å². The minimum absolute atomic E-state index is 0.387. The fourth-order valence-electron chi connectivity index (χ4n) is 0.319. The third-order valence-electron chi connectivity index (χ3n) is 0.520. The van der Waals surface area contributed by atoms with Crippen molar-refractivity contribution in [2.24, 2.45) is 0 Å². The molecule has 0 aliphatic heterocycles. The quantitative estimate of drug-likeness (QED) is 0.491. The van der Waals surface area contributed by atoms with Gasteiger partial charge in [-0.15, -0.1) is 0 Å². The maximum Gasteiger partial charge on any atom is 0.353 e. The van der Waals surface area contributed by atoms with Gasteiger partial charge < -0.3 is 0 Å². The van der Waals surface area contributed by atoms with Crippen LogP contribution < -0.4 is 10.9 Å². The molecule has 0 radical (unpaired) electrons. The van der Waals surface area contributed by atoms with Crippen molar-refractivity contribution in [1.82, 2.24) is 15.9 Å². The van der Waals surface area contributed by atoms with E-state index in [4.69, 9.17) is 0 Å². The van der Waals surface area contributed by atoms with E-state index < -0.39 is 0 Å². The van der Waals surface area contributed by atoms with Crippen LogP contribution in [0.4, 0.5) is 4.79 Å². The first-order valence-corrected chi connectivity index (χ1v) is 2.43. The molecule has 0 atom stereocenters. The van der Waals surface area contributed by atoms with E-state index in [1.54, 1.807) is 14.1 Å². The molecule has 0 fully saturated rings. The number of urea groups is 1. The first-order valence-electron chi connectivity index (χ1n) is 2.43. The molecule has 0 aromatic heterocycles. The Labute approximate surface area is 53.9 Å². The number of nitrogens with zero attached hydrogens (tertiary/aromatic N) is 1. The predicted molar refractivity (Wildman–Crippen MR) is 32.4 cm³/mol. The summed E-state index contributed by atoms with van der Waals surface area (Å²) in [5, 5.41) is 1.51. The number of hydrogen-bond donors (Lipinski definition) is 2. The largest absolute Gasteiger partial charge is 0.353 e. The highest BCUT2D eigenvalue weighted by Gasteiger charge is 1.96. The van der Waals surface area contributed by atoms with Crippen LogP contribution in [-0.2, 0) is 4.84 Å².